The van der Waals surface area contributed by atoms with E-state index >= 15 is 0 Å². The largest absolute Gasteiger partial charge is 0.381 e. The van der Waals surface area contributed by atoms with Crippen LogP contribution in [0.4, 0.5) is 5.82 Å². The van der Waals surface area contributed by atoms with Crippen LogP contribution in [0.3, 0.4) is 0 Å². The highest BCUT2D eigenvalue weighted by Crippen LogP contribution is 2.24. The Labute approximate surface area is 182 Å². The summed E-state index contributed by atoms with van der Waals surface area (Å²) in [6, 6.07) is 8.24. The van der Waals surface area contributed by atoms with Crippen LogP contribution in [0, 0.1) is 12.3 Å². The Kier molecular flexibility index (Phi) is 5.36. The van der Waals surface area contributed by atoms with Crippen LogP contribution in [0.1, 0.15) is 35.4 Å². The first kappa shape index (κ1) is 20.4. The molecule has 3 aromatic heterocycles. The number of pyridine rings is 1. The summed E-state index contributed by atoms with van der Waals surface area (Å²) in [4.78, 5) is 30.4. The van der Waals surface area contributed by atoms with Gasteiger partial charge in [0.2, 0.25) is 0 Å². The lowest BCUT2D eigenvalue weighted by molar-refractivity contribution is 0.0940. The molecular weight excluding hydrogens is 416 g/mol. The number of benzene rings is 1. The monoisotopic (exact) mass is 434 g/mol. The number of anilines is 1. The molecule has 9 heteroatoms. The second kappa shape index (κ2) is 8.13. The second-order valence-electron chi connectivity index (χ2n) is 7.03. The summed E-state index contributed by atoms with van der Waals surface area (Å²) in [6.45, 7) is 2.08. The van der Waals surface area contributed by atoms with Crippen LogP contribution in [-0.2, 0) is 6.54 Å². The molecule has 0 aliphatic rings. The topological polar surface area (TPSA) is 107 Å². The van der Waals surface area contributed by atoms with Gasteiger partial charge in [-0.15, -0.1) is 17.4 Å². The molecule has 1 amide bonds. The number of halogens is 1. The maximum atomic E-state index is 13.2. The molecule has 156 valence electrons. The predicted octanol–water partition coefficient (Wildman–Crippen LogP) is 2.79. The molecule has 1 aromatic carbocycles. The number of aromatic nitrogens is 4. The van der Waals surface area contributed by atoms with E-state index in [4.69, 9.17) is 23.8 Å². The molecular formula is C22H19ClN6O2. The van der Waals surface area contributed by atoms with E-state index in [0.717, 1.165) is 0 Å². The Morgan fingerprint density at radius 3 is 2.97 bits per heavy atom. The van der Waals surface area contributed by atoms with E-state index in [1.807, 2.05) is 6.07 Å². The van der Waals surface area contributed by atoms with E-state index in [2.05, 4.69) is 21.3 Å². The lowest BCUT2D eigenvalue weighted by atomic mass is 10.1. The lowest BCUT2D eigenvalue weighted by Gasteiger charge is -2.20. The fraction of sp³-hybridized carbons (Fsp3) is 0.182. The molecule has 3 heterocycles. The molecule has 0 bridgehead atoms. The number of hydrogen-bond acceptors (Lipinski definition) is 5. The average Bonchev–Trinajstić information content (AvgIpc) is 3.08. The minimum Gasteiger partial charge on any atom is -0.381 e. The van der Waals surface area contributed by atoms with Crippen LogP contribution in [0.5, 0.6) is 0 Å². The van der Waals surface area contributed by atoms with Gasteiger partial charge in [-0.1, -0.05) is 23.7 Å². The highest BCUT2D eigenvalue weighted by atomic mass is 35.5. The summed E-state index contributed by atoms with van der Waals surface area (Å²) in [5.41, 5.74) is 6.82. The molecule has 4 aromatic rings. The van der Waals surface area contributed by atoms with E-state index in [1.165, 1.54) is 4.52 Å². The highest BCUT2D eigenvalue weighted by molar-refractivity contribution is 6.35. The number of terminal acetylenes is 1. The van der Waals surface area contributed by atoms with Gasteiger partial charge < -0.3 is 15.6 Å². The third-order valence-corrected chi connectivity index (χ3v) is 5.36. The van der Waals surface area contributed by atoms with Gasteiger partial charge in [0.05, 0.1) is 16.5 Å². The number of nitrogens with zero attached hydrogens (tertiary/aromatic N) is 4. The Hall–Kier alpha value is -3.83. The SMILES string of the molecule is C#CCCn1c(C(C)NC(=O)c2c(N)nn3cccnc23)cc2cccc(Cl)c2c1=O. The molecule has 0 saturated heterocycles. The first-order chi connectivity index (χ1) is 14.9. The third-order valence-electron chi connectivity index (χ3n) is 5.04. The van der Waals surface area contributed by atoms with Gasteiger partial charge in [0, 0.05) is 31.1 Å². The number of carbonyl (C=O) groups is 1. The first-order valence-electron chi connectivity index (χ1n) is 9.57. The van der Waals surface area contributed by atoms with Crippen LogP contribution in [0.25, 0.3) is 16.4 Å². The van der Waals surface area contributed by atoms with Crippen molar-refractivity contribution in [1.82, 2.24) is 24.5 Å². The molecule has 0 aliphatic heterocycles. The Balaban J connectivity index is 1.77. The number of nitrogen functional groups attached to an aromatic ring is 1. The standard InChI is InChI=1S/C22H19ClN6O2/c1-3-4-10-28-16(12-14-7-5-8-15(23)17(14)22(28)31)13(2)26-21(30)18-19(24)27-29-11-6-9-25-20(18)29/h1,5-9,11-13H,4,10H2,2H3,(H2,24,27)(H,26,30). The van der Waals surface area contributed by atoms with Gasteiger partial charge in [0.25, 0.3) is 11.5 Å². The quantitative estimate of drug-likeness (QED) is 0.469. The van der Waals surface area contributed by atoms with Crippen molar-refractivity contribution < 1.29 is 4.79 Å². The van der Waals surface area contributed by atoms with Crippen molar-refractivity contribution in [2.45, 2.75) is 25.9 Å². The van der Waals surface area contributed by atoms with Crippen LogP contribution in [0.15, 0.2) is 47.5 Å². The van der Waals surface area contributed by atoms with Crippen LogP contribution >= 0.6 is 11.6 Å². The number of carbonyl (C=O) groups excluding carboxylic acids is 1. The number of hydrogen-bond donors (Lipinski definition) is 2. The maximum absolute atomic E-state index is 13.2. The number of amides is 1. The molecule has 1 unspecified atom stereocenters. The molecule has 31 heavy (non-hydrogen) atoms. The molecule has 0 spiro atoms. The fourth-order valence-electron chi connectivity index (χ4n) is 3.61. The molecule has 0 saturated carbocycles. The third kappa shape index (κ3) is 3.60. The Morgan fingerprint density at radius 1 is 1.39 bits per heavy atom. The van der Waals surface area contributed by atoms with Gasteiger partial charge in [-0.05, 0) is 30.5 Å². The minimum atomic E-state index is -0.528. The van der Waals surface area contributed by atoms with E-state index in [0.29, 0.717) is 40.1 Å². The van der Waals surface area contributed by atoms with Crippen molar-refractivity contribution >= 4 is 39.7 Å². The minimum absolute atomic E-state index is 0.0680. The van der Waals surface area contributed by atoms with Gasteiger partial charge in [-0.2, -0.15) is 0 Å². The highest BCUT2D eigenvalue weighted by Gasteiger charge is 2.23. The Morgan fingerprint density at radius 2 is 2.19 bits per heavy atom. The predicted molar refractivity (Wildman–Crippen MR) is 120 cm³/mol. The van der Waals surface area contributed by atoms with Gasteiger partial charge >= 0.3 is 0 Å². The smallest absolute Gasteiger partial charge is 0.260 e. The number of fused-ring (bicyclic) bond motifs is 2. The number of nitrogens with one attached hydrogen (secondary N) is 1. The molecule has 0 fully saturated rings. The van der Waals surface area contributed by atoms with Gasteiger partial charge in [-0.25, -0.2) is 9.50 Å². The van der Waals surface area contributed by atoms with Crippen LogP contribution in [0.2, 0.25) is 5.02 Å². The van der Waals surface area contributed by atoms with Crippen LogP contribution < -0.4 is 16.6 Å². The maximum Gasteiger partial charge on any atom is 0.260 e. The van der Waals surface area contributed by atoms with E-state index < -0.39 is 11.9 Å². The van der Waals surface area contributed by atoms with Crippen molar-refractivity contribution in [3.05, 3.63) is 69.4 Å². The molecule has 0 radical (unpaired) electrons. The second-order valence-corrected chi connectivity index (χ2v) is 7.43. The normalized spacial score (nSPS) is 12.0. The van der Waals surface area contributed by atoms with Gasteiger partial charge in [-0.3, -0.25) is 9.59 Å². The van der Waals surface area contributed by atoms with E-state index in [1.54, 1.807) is 48.1 Å². The molecule has 4 rings (SSSR count). The van der Waals surface area contributed by atoms with Crippen molar-refractivity contribution in [2.24, 2.45) is 0 Å². The molecule has 1 atom stereocenters. The zero-order valence-corrected chi connectivity index (χ0v) is 17.4. The van der Waals surface area contributed by atoms with Crippen molar-refractivity contribution in [1.29, 1.82) is 0 Å². The van der Waals surface area contributed by atoms with E-state index in [9.17, 15) is 9.59 Å². The number of rotatable bonds is 5. The molecule has 0 aliphatic carbocycles. The summed E-state index contributed by atoms with van der Waals surface area (Å²) in [6.07, 6.45) is 8.99. The van der Waals surface area contributed by atoms with Gasteiger partial charge in [0.15, 0.2) is 11.5 Å². The van der Waals surface area contributed by atoms with Crippen LogP contribution in [-0.4, -0.2) is 25.1 Å². The van der Waals surface area contributed by atoms with Crippen molar-refractivity contribution in [3.8, 4) is 12.3 Å². The zero-order valence-electron chi connectivity index (χ0n) is 16.7. The average molecular weight is 435 g/mol. The molecule has 8 nitrogen and oxygen atoms in total. The van der Waals surface area contributed by atoms with Gasteiger partial charge in [0.1, 0.15) is 5.56 Å². The van der Waals surface area contributed by atoms with Crippen molar-refractivity contribution in [3.63, 3.8) is 0 Å². The fourth-order valence-corrected chi connectivity index (χ4v) is 3.87. The summed E-state index contributed by atoms with van der Waals surface area (Å²) in [5, 5.41) is 8.48. The van der Waals surface area contributed by atoms with Crippen molar-refractivity contribution in [2.75, 3.05) is 5.73 Å². The number of nitrogens with two attached hydrogens (primary N) is 1. The molecule has 3 N–H and O–H groups in total. The lowest BCUT2D eigenvalue weighted by Crippen LogP contribution is -2.33. The summed E-state index contributed by atoms with van der Waals surface area (Å²) < 4.78 is 2.99. The Bertz CT molecular complexity index is 1420. The summed E-state index contributed by atoms with van der Waals surface area (Å²) >= 11 is 6.27. The summed E-state index contributed by atoms with van der Waals surface area (Å²) in [5.74, 6) is 2.17. The zero-order chi connectivity index (χ0) is 22.1. The summed E-state index contributed by atoms with van der Waals surface area (Å²) in [7, 11) is 0. The van der Waals surface area contributed by atoms with E-state index in [-0.39, 0.29) is 16.9 Å². The first-order valence-corrected chi connectivity index (χ1v) is 9.95.